The highest BCUT2D eigenvalue weighted by Crippen LogP contribution is 2.39. The third-order valence-electron chi connectivity index (χ3n) is 5.21. The number of oxime groups is 1. The van der Waals surface area contributed by atoms with Gasteiger partial charge >= 0.3 is 0 Å². The number of amides is 1. The summed E-state index contributed by atoms with van der Waals surface area (Å²) in [4.78, 5) is 12.6. The molecule has 20 heavy (non-hydrogen) atoms. The Morgan fingerprint density at radius 3 is 2.40 bits per heavy atom. The van der Waals surface area contributed by atoms with Gasteiger partial charge in [-0.3, -0.25) is 4.79 Å². The standard InChI is InChI=1S/C15H27N3O2/c1-11(12-7-3-2-4-8-12)17-14(19)15(13(16)18-20)9-5-6-10-15/h11-12,20H,2-10H2,1H3,(H2,16,18)(H,17,19). The van der Waals surface area contributed by atoms with E-state index in [-0.39, 0.29) is 17.8 Å². The summed E-state index contributed by atoms with van der Waals surface area (Å²) in [5.41, 5.74) is 5.03. The molecule has 0 aromatic rings. The van der Waals surface area contributed by atoms with Gasteiger partial charge in [0.1, 0.15) is 5.41 Å². The van der Waals surface area contributed by atoms with Gasteiger partial charge in [0.2, 0.25) is 5.91 Å². The van der Waals surface area contributed by atoms with Crippen molar-refractivity contribution in [2.75, 3.05) is 0 Å². The van der Waals surface area contributed by atoms with Crippen molar-refractivity contribution in [1.29, 1.82) is 0 Å². The largest absolute Gasteiger partial charge is 0.409 e. The van der Waals surface area contributed by atoms with Gasteiger partial charge in [0.05, 0.1) is 0 Å². The number of nitrogens with one attached hydrogen (secondary N) is 1. The van der Waals surface area contributed by atoms with E-state index in [2.05, 4.69) is 17.4 Å². The lowest BCUT2D eigenvalue weighted by Gasteiger charge is -2.32. The summed E-state index contributed by atoms with van der Waals surface area (Å²) < 4.78 is 0. The van der Waals surface area contributed by atoms with E-state index in [1.165, 1.54) is 32.1 Å². The molecule has 2 rings (SSSR count). The monoisotopic (exact) mass is 281 g/mol. The van der Waals surface area contributed by atoms with E-state index in [1.807, 2.05) is 0 Å². The van der Waals surface area contributed by atoms with Gasteiger partial charge in [-0.15, -0.1) is 0 Å². The highest BCUT2D eigenvalue weighted by Gasteiger charge is 2.46. The molecule has 2 aliphatic rings. The number of hydrogen-bond donors (Lipinski definition) is 3. The first-order valence-electron chi connectivity index (χ1n) is 7.89. The average molecular weight is 281 g/mol. The Hall–Kier alpha value is -1.26. The van der Waals surface area contributed by atoms with E-state index in [0.717, 1.165) is 12.8 Å². The molecule has 0 aromatic heterocycles. The van der Waals surface area contributed by atoms with Crippen molar-refractivity contribution < 1.29 is 10.0 Å². The molecular weight excluding hydrogens is 254 g/mol. The fourth-order valence-electron chi connectivity index (χ4n) is 3.77. The molecule has 114 valence electrons. The van der Waals surface area contributed by atoms with E-state index >= 15 is 0 Å². The maximum Gasteiger partial charge on any atom is 0.234 e. The number of hydrogen-bond acceptors (Lipinski definition) is 3. The summed E-state index contributed by atoms with van der Waals surface area (Å²) in [5, 5.41) is 15.2. The quantitative estimate of drug-likeness (QED) is 0.320. The van der Waals surface area contributed by atoms with Crippen LogP contribution < -0.4 is 11.1 Å². The number of amidine groups is 1. The molecule has 0 spiro atoms. The molecule has 0 heterocycles. The molecule has 0 radical (unpaired) electrons. The Bertz CT molecular complexity index is 369. The van der Waals surface area contributed by atoms with Crippen LogP contribution in [0.5, 0.6) is 0 Å². The Balaban J connectivity index is 2.01. The van der Waals surface area contributed by atoms with E-state index in [0.29, 0.717) is 18.8 Å². The number of rotatable bonds is 4. The first-order chi connectivity index (χ1) is 9.60. The van der Waals surface area contributed by atoms with Crippen LogP contribution in [0, 0.1) is 11.3 Å². The van der Waals surface area contributed by atoms with Gasteiger partial charge in [0.25, 0.3) is 0 Å². The molecule has 1 amide bonds. The fourth-order valence-corrected chi connectivity index (χ4v) is 3.77. The summed E-state index contributed by atoms with van der Waals surface area (Å²) >= 11 is 0. The molecule has 0 bridgehead atoms. The molecule has 0 aromatic carbocycles. The van der Waals surface area contributed by atoms with Crippen LogP contribution in [0.2, 0.25) is 0 Å². The van der Waals surface area contributed by atoms with Crippen LogP contribution in [0.4, 0.5) is 0 Å². The Morgan fingerprint density at radius 2 is 1.85 bits per heavy atom. The third-order valence-corrected chi connectivity index (χ3v) is 5.21. The minimum atomic E-state index is -0.780. The fraction of sp³-hybridized carbons (Fsp3) is 0.867. The van der Waals surface area contributed by atoms with Crippen molar-refractivity contribution >= 4 is 11.7 Å². The molecule has 1 unspecified atom stereocenters. The van der Waals surface area contributed by atoms with Gasteiger partial charge in [-0.1, -0.05) is 37.3 Å². The highest BCUT2D eigenvalue weighted by atomic mass is 16.4. The van der Waals surface area contributed by atoms with Crippen molar-refractivity contribution in [2.24, 2.45) is 22.2 Å². The molecular formula is C15H27N3O2. The van der Waals surface area contributed by atoms with Crippen LogP contribution in [0.1, 0.15) is 64.7 Å². The minimum absolute atomic E-state index is 0.0524. The Kier molecular flexibility index (Phi) is 4.89. The van der Waals surface area contributed by atoms with Gasteiger partial charge in [0.15, 0.2) is 5.84 Å². The second kappa shape index (κ2) is 6.46. The molecule has 4 N–H and O–H groups in total. The van der Waals surface area contributed by atoms with Gasteiger partial charge in [-0.25, -0.2) is 0 Å². The molecule has 2 fully saturated rings. The van der Waals surface area contributed by atoms with Crippen LogP contribution in [0.15, 0.2) is 5.16 Å². The third kappa shape index (κ3) is 2.91. The Morgan fingerprint density at radius 1 is 1.25 bits per heavy atom. The van der Waals surface area contributed by atoms with Gasteiger partial charge in [0, 0.05) is 6.04 Å². The van der Waals surface area contributed by atoms with Crippen molar-refractivity contribution in [2.45, 2.75) is 70.8 Å². The molecule has 2 aliphatic carbocycles. The van der Waals surface area contributed by atoms with E-state index in [1.54, 1.807) is 0 Å². The van der Waals surface area contributed by atoms with Gasteiger partial charge in [-0.05, 0) is 38.5 Å². The SMILES string of the molecule is CC(NC(=O)C1(C(N)=NO)CCCC1)C1CCCCC1. The van der Waals surface area contributed by atoms with Crippen LogP contribution in [0.3, 0.4) is 0 Å². The van der Waals surface area contributed by atoms with Crippen molar-refractivity contribution in [1.82, 2.24) is 5.32 Å². The second-order valence-electron chi connectivity index (χ2n) is 6.43. The molecule has 5 nitrogen and oxygen atoms in total. The predicted molar refractivity (Wildman–Crippen MR) is 78.5 cm³/mol. The van der Waals surface area contributed by atoms with Crippen LogP contribution >= 0.6 is 0 Å². The van der Waals surface area contributed by atoms with Crippen LogP contribution in [-0.4, -0.2) is 23.0 Å². The number of nitrogens with zero attached hydrogens (tertiary/aromatic N) is 1. The molecule has 2 saturated carbocycles. The molecule has 0 saturated heterocycles. The molecule has 5 heteroatoms. The number of nitrogens with two attached hydrogens (primary N) is 1. The lowest BCUT2D eigenvalue weighted by Crippen LogP contribution is -2.52. The average Bonchev–Trinajstić information content (AvgIpc) is 2.98. The highest BCUT2D eigenvalue weighted by molar-refractivity contribution is 6.07. The molecule has 1 atom stereocenters. The smallest absolute Gasteiger partial charge is 0.234 e. The predicted octanol–water partition coefficient (Wildman–Crippen LogP) is 2.38. The summed E-state index contributed by atoms with van der Waals surface area (Å²) in [7, 11) is 0. The van der Waals surface area contributed by atoms with Crippen molar-refractivity contribution in [3.63, 3.8) is 0 Å². The summed E-state index contributed by atoms with van der Waals surface area (Å²) in [6, 6.07) is 0.173. The maximum absolute atomic E-state index is 12.6. The normalized spacial score (nSPS) is 25.4. The first-order valence-corrected chi connectivity index (χ1v) is 7.89. The maximum atomic E-state index is 12.6. The van der Waals surface area contributed by atoms with Gasteiger partial charge < -0.3 is 16.3 Å². The minimum Gasteiger partial charge on any atom is -0.409 e. The second-order valence-corrected chi connectivity index (χ2v) is 6.43. The van der Waals surface area contributed by atoms with Crippen LogP contribution in [0.25, 0.3) is 0 Å². The summed E-state index contributed by atoms with van der Waals surface area (Å²) in [6.45, 7) is 2.09. The lowest BCUT2D eigenvalue weighted by atomic mass is 9.81. The van der Waals surface area contributed by atoms with Crippen molar-refractivity contribution in [3.8, 4) is 0 Å². The van der Waals surface area contributed by atoms with Crippen LogP contribution in [-0.2, 0) is 4.79 Å². The zero-order valence-corrected chi connectivity index (χ0v) is 12.4. The van der Waals surface area contributed by atoms with Crippen molar-refractivity contribution in [3.05, 3.63) is 0 Å². The topological polar surface area (TPSA) is 87.7 Å². The van der Waals surface area contributed by atoms with E-state index in [4.69, 9.17) is 10.9 Å². The first kappa shape index (κ1) is 15.1. The lowest BCUT2D eigenvalue weighted by molar-refractivity contribution is -0.128. The Labute approximate surface area is 121 Å². The number of carbonyl (C=O) groups excluding carboxylic acids is 1. The van der Waals surface area contributed by atoms with Gasteiger partial charge in [-0.2, -0.15) is 0 Å². The zero-order chi connectivity index (χ0) is 14.6. The number of carbonyl (C=O) groups is 1. The molecule has 0 aliphatic heterocycles. The van der Waals surface area contributed by atoms with E-state index < -0.39 is 5.41 Å². The zero-order valence-electron chi connectivity index (χ0n) is 12.4. The summed E-state index contributed by atoms with van der Waals surface area (Å²) in [6.07, 6.45) is 9.51. The van der Waals surface area contributed by atoms with E-state index in [9.17, 15) is 4.79 Å². The summed E-state index contributed by atoms with van der Waals surface area (Å²) in [5.74, 6) is 0.588.